The number of nitrogens with two attached hydrogens (primary N) is 1. The van der Waals surface area contributed by atoms with Crippen LogP contribution in [0.3, 0.4) is 0 Å². The van der Waals surface area contributed by atoms with Crippen molar-refractivity contribution < 1.29 is 4.74 Å². The van der Waals surface area contributed by atoms with Crippen molar-refractivity contribution >= 4 is 16.9 Å². The molecule has 0 aliphatic rings. The maximum atomic E-state index is 6.09. The second kappa shape index (κ2) is 5.53. The Morgan fingerprint density at radius 3 is 2.43 bits per heavy atom. The highest BCUT2D eigenvalue weighted by molar-refractivity contribution is 5.88. The lowest BCUT2D eigenvalue weighted by atomic mass is 10.1. The predicted octanol–water partition coefficient (Wildman–Crippen LogP) is 2.76. The number of rotatable bonds is 3. The monoisotopic (exact) mass is 311 g/mol. The van der Waals surface area contributed by atoms with Gasteiger partial charge in [-0.05, 0) is 38.5 Å². The fraction of sp³-hybridized carbons (Fsp3) is 0.353. The summed E-state index contributed by atoms with van der Waals surface area (Å²) in [5.74, 6) is 1.30. The molecule has 0 spiro atoms. The third kappa shape index (κ3) is 2.84. The first kappa shape index (κ1) is 15.3. The van der Waals surface area contributed by atoms with Gasteiger partial charge in [0.25, 0.3) is 0 Å². The van der Waals surface area contributed by atoms with Gasteiger partial charge in [0.2, 0.25) is 0 Å². The summed E-state index contributed by atoms with van der Waals surface area (Å²) in [7, 11) is 1.66. The van der Waals surface area contributed by atoms with Crippen LogP contribution in [-0.2, 0) is 12.0 Å². The fourth-order valence-electron chi connectivity index (χ4n) is 2.57. The van der Waals surface area contributed by atoms with Crippen LogP contribution in [0, 0.1) is 0 Å². The van der Waals surface area contributed by atoms with Gasteiger partial charge in [-0.25, -0.2) is 14.6 Å². The zero-order valence-electron chi connectivity index (χ0n) is 13.9. The molecular weight excluding hydrogens is 290 g/mol. The van der Waals surface area contributed by atoms with Gasteiger partial charge in [-0.15, -0.1) is 0 Å². The van der Waals surface area contributed by atoms with Crippen molar-refractivity contribution in [3.8, 4) is 5.75 Å². The van der Waals surface area contributed by atoms with Crippen LogP contribution < -0.4 is 10.5 Å². The molecule has 2 heterocycles. The lowest BCUT2D eigenvalue weighted by molar-refractivity contribution is 0.363. The highest BCUT2D eigenvalue weighted by Gasteiger charge is 2.23. The first-order valence-corrected chi connectivity index (χ1v) is 7.51. The van der Waals surface area contributed by atoms with E-state index in [2.05, 4.69) is 30.7 Å². The minimum Gasteiger partial charge on any atom is -0.497 e. The van der Waals surface area contributed by atoms with E-state index in [0.29, 0.717) is 12.2 Å². The number of aromatic nitrogens is 4. The molecule has 0 aliphatic heterocycles. The zero-order chi connectivity index (χ0) is 16.6. The Morgan fingerprint density at radius 2 is 1.83 bits per heavy atom. The molecule has 0 saturated heterocycles. The molecule has 2 N–H and O–H groups in total. The van der Waals surface area contributed by atoms with Gasteiger partial charge in [0, 0.05) is 6.42 Å². The largest absolute Gasteiger partial charge is 0.497 e. The van der Waals surface area contributed by atoms with Gasteiger partial charge in [-0.1, -0.05) is 12.1 Å². The molecule has 3 rings (SSSR count). The minimum atomic E-state index is -0.183. The minimum absolute atomic E-state index is 0.183. The van der Waals surface area contributed by atoms with Gasteiger partial charge >= 0.3 is 0 Å². The average Bonchev–Trinajstić information content (AvgIpc) is 2.88. The maximum absolute atomic E-state index is 6.09. The molecule has 0 radical (unpaired) electrons. The molecule has 6 nitrogen and oxygen atoms in total. The van der Waals surface area contributed by atoms with Gasteiger partial charge in [0.15, 0.2) is 5.65 Å². The second-order valence-corrected chi connectivity index (χ2v) is 6.51. The first-order valence-electron chi connectivity index (χ1n) is 7.51. The van der Waals surface area contributed by atoms with Crippen molar-refractivity contribution in [1.29, 1.82) is 0 Å². The van der Waals surface area contributed by atoms with Crippen molar-refractivity contribution in [1.82, 2.24) is 19.7 Å². The first-order chi connectivity index (χ1) is 10.9. The van der Waals surface area contributed by atoms with Gasteiger partial charge < -0.3 is 10.5 Å². The van der Waals surface area contributed by atoms with E-state index in [9.17, 15) is 0 Å². The summed E-state index contributed by atoms with van der Waals surface area (Å²) in [5, 5.41) is 5.59. The molecular formula is C17H21N5O. The van der Waals surface area contributed by atoms with E-state index in [4.69, 9.17) is 15.6 Å². The number of hydrogen-bond donors (Lipinski definition) is 1. The predicted molar refractivity (Wildman–Crippen MR) is 90.5 cm³/mol. The number of ether oxygens (including phenoxy) is 1. The lowest BCUT2D eigenvalue weighted by Crippen LogP contribution is -2.23. The van der Waals surface area contributed by atoms with Crippen LogP contribution in [0.2, 0.25) is 0 Å². The van der Waals surface area contributed by atoms with Crippen LogP contribution >= 0.6 is 0 Å². The Morgan fingerprint density at radius 1 is 1.13 bits per heavy atom. The molecule has 2 aromatic heterocycles. The van der Waals surface area contributed by atoms with Gasteiger partial charge in [0.05, 0.1) is 23.7 Å². The quantitative estimate of drug-likeness (QED) is 0.804. The van der Waals surface area contributed by atoms with Crippen LogP contribution in [-0.4, -0.2) is 26.9 Å². The molecule has 0 amide bonds. The fourth-order valence-corrected chi connectivity index (χ4v) is 2.57. The highest BCUT2D eigenvalue weighted by atomic mass is 16.5. The number of nitrogens with zero attached hydrogens (tertiary/aromatic N) is 4. The van der Waals surface area contributed by atoms with Crippen LogP contribution in [0.4, 0.5) is 5.82 Å². The van der Waals surface area contributed by atoms with E-state index >= 15 is 0 Å². The summed E-state index contributed by atoms with van der Waals surface area (Å²) in [6.45, 7) is 6.28. The number of nitrogen functional groups attached to an aromatic ring is 1. The Labute approximate surface area is 135 Å². The number of methoxy groups -OCH3 is 1. The summed E-state index contributed by atoms with van der Waals surface area (Å²) in [5.41, 5.74) is 8.70. The normalized spacial score (nSPS) is 11.8. The Balaban J connectivity index is 2.09. The molecule has 0 fully saturated rings. The summed E-state index contributed by atoms with van der Waals surface area (Å²) < 4.78 is 7.11. The molecule has 1 aromatic carbocycles. The van der Waals surface area contributed by atoms with E-state index in [1.165, 1.54) is 6.33 Å². The van der Waals surface area contributed by atoms with Gasteiger partial charge in [0.1, 0.15) is 17.9 Å². The Bertz CT molecular complexity index is 831. The molecule has 0 unspecified atom stereocenters. The number of fused-ring (bicyclic) bond motifs is 1. The second-order valence-electron chi connectivity index (χ2n) is 6.51. The summed E-state index contributed by atoms with van der Waals surface area (Å²) in [6.07, 6.45) is 2.15. The number of anilines is 1. The SMILES string of the molecule is COc1ccc(Cc2nn(C(C)(C)C)c3ncnc(N)c23)cc1. The van der Waals surface area contributed by atoms with E-state index in [1.54, 1.807) is 7.11 Å². The Hall–Kier alpha value is -2.63. The third-order valence-electron chi connectivity index (χ3n) is 3.73. The molecule has 6 heteroatoms. The molecule has 0 aliphatic carbocycles. The topological polar surface area (TPSA) is 78.8 Å². The van der Waals surface area contributed by atoms with E-state index in [0.717, 1.165) is 28.0 Å². The summed E-state index contributed by atoms with van der Waals surface area (Å²) >= 11 is 0. The summed E-state index contributed by atoms with van der Waals surface area (Å²) in [6, 6.07) is 7.94. The molecule has 0 atom stereocenters. The van der Waals surface area contributed by atoms with Crippen LogP contribution in [0.15, 0.2) is 30.6 Å². The average molecular weight is 311 g/mol. The van der Waals surface area contributed by atoms with Crippen LogP contribution in [0.5, 0.6) is 5.75 Å². The van der Waals surface area contributed by atoms with Crippen LogP contribution in [0.1, 0.15) is 32.0 Å². The van der Waals surface area contributed by atoms with Crippen molar-refractivity contribution in [2.75, 3.05) is 12.8 Å². The standard InChI is InChI=1S/C17H21N5O/c1-17(2,3)22-16-14(15(18)19-10-20-16)13(21-22)9-11-5-7-12(23-4)8-6-11/h5-8,10H,9H2,1-4H3,(H2,18,19,20). The van der Waals surface area contributed by atoms with Gasteiger partial charge in [-0.3, -0.25) is 0 Å². The van der Waals surface area contributed by atoms with Crippen molar-refractivity contribution in [2.45, 2.75) is 32.7 Å². The maximum Gasteiger partial charge on any atom is 0.164 e. The molecule has 0 saturated carbocycles. The molecule has 120 valence electrons. The Kier molecular flexibility index (Phi) is 3.67. The zero-order valence-corrected chi connectivity index (χ0v) is 13.9. The molecule has 3 aromatic rings. The van der Waals surface area contributed by atoms with Crippen molar-refractivity contribution in [2.24, 2.45) is 0 Å². The van der Waals surface area contributed by atoms with E-state index < -0.39 is 0 Å². The smallest absolute Gasteiger partial charge is 0.164 e. The van der Waals surface area contributed by atoms with E-state index in [-0.39, 0.29) is 5.54 Å². The molecule has 23 heavy (non-hydrogen) atoms. The third-order valence-corrected chi connectivity index (χ3v) is 3.73. The molecule has 0 bridgehead atoms. The van der Waals surface area contributed by atoms with Gasteiger partial charge in [-0.2, -0.15) is 5.10 Å². The lowest BCUT2D eigenvalue weighted by Gasteiger charge is -2.19. The van der Waals surface area contributed by atoms with Crippen LogP contribution in [0.25, 0.3) is 11.0 Å². The van der Waals surface area contributed by atoms with Crippen molar-refractivity contribution in [3.05, 3.63) is 41.9 Å². The number of hydrogen-bond acceptors (Lipinski definition) is 5. The van der Waals surface area contributed by atoms with E-state index in [1.807, 2.05) is 28.9 Å². The summed E-state index contributed by atoms with van der Waals surface area (Å²) in [4.78, 5) is 8.51. The highest BCUT2D eigenvalue weighted by Crippen LogP contribution is 2.28. The van der Waals surface area contributed by atoms with Crippen molar-refractivity contribution in [3.63, 3.8) is 0 Å². The number of benzene rings is 1.